The maximum atomic E-state index is 11.9. The van der Waals surface area contributed by atoms with Gasteiger partial charge < -0.3 is 4.98 Å². The fourth-order valence-corrected chi connectivity index (χ4v) is 4.86. The molecule has 3 rings (SSSR count). The van der Waals surface area contributed by atoms with Gasteiger partial charge in [0.25, 0.3) is 11.8 Å². The summed E-state index contributed by atoms with van der Waals surface area (Å²) >= 11 is 6.33. The second-order valence-electron chi connectivity index (χ2n) is 6.15. The first kappa shape index (κ1) is 19.2. The minimum atomic E-state index is -3.07. The van der Waals surface area contributed by atoms with Gasteiger partial charge in [-0.15, -0.1) is 0 Å². The molecule has 144 valence electrons. The molecule has 3 N–H and O–H groups in total. The van der Waals surface area contributed by atoms with Crippen LogP contribution >= 0.6 is 11.6 Å². The first-order valence-corrected chi connectivity index (χ1v) is 10.3. The van der Waals surface area contributed by atoms with E-state index in [1.165, 1.54) is 16.8 Å². The van der Waals surface area contributed by atoms with Gasteiger partial charge in [0, 0.05) is 17.8 Å². The molecule has 3 heterocycles. The Bertz CT molecular complexity index is 994. The summed E-state index contributed by atoms with van der Waals surface area (Å²) in [5, 5.41) is 4.58. The number of rotatable bonds is 4. The normalized spacial score (nSPS) is 18.7. The Morgan fingerprint density at radius 1 is 1.41 bits per heavy atom. The fourth-order valence-electron chi connectivity index (χ4n) is 2.79. The van der Waals surface area contributed by atoms with Gasteiger partial charge >= 0.3 is 0 Å². The van der Waals surface area contributed by atoms with Crippen LogP contribution in [0.1, 0.15) is 34.2 Å². The highest BCUT2D eigenvalue weighted by molar-refractivity contribution is 7.91. The third-order valence-corrected chi connectivity index (χ3v) is 6.30. The summed E-state index contributed by atoms with van der Waals surface area (Å²) in [5.41, 5.74) is 5.93. The third-order valence-electron chi connectivity index (χ3n) is 4.17. The van der Waals surface area contributed by atoms with Gasteiger partial charge in [-0.25, -0.2) is 13.1 Å². The monoisotopic (exact) mass is 411 g/mol. The van der Waals surface area contributed by atoms with Gasteiger partial charge in [0.2, 0.25) is 0 Å². The number of nitrogens with zero attached hydrogens (tertiary/aromatic N) is 2. The first-order valence-electron chi connectivity index (χ1n) is 8.13. The molecule has 2 aromatic rings. The number of carbonyl (C=O) groups excluding carboxylic acids is 2. The second-order valence-corrected chi connectivity index (χ2v) is 8.74. The molecule has 9 nitrogen and oxygen atoms in total. The average Bonchev–Trinajstić information content (AvgIpc) is 3.32. The number of hydrazine groups is 1. The third kappa shape index (κ3) is 4.40. The Morgan fingerprint density at radius 3 is 2.81 bits per heavy atom. The average molecular weight is 412 g/mol. The Kier molecular flexibility index (Phi) is 5.38. The zero-order chi connectivity index (χ0) is 19.6. The number of H-pyrrole nitrogens is 1. The molecule has 0 radical (unpaired) electrons. The number of halogens is 1. The highest BCUT2D eigenvalue weighted by Crippen LogP contribution is 2.30. The molecule has 0 bridgehead atoms. The van der Waals surface area contributed by atoms with Crippen LogP contribution in [-0.2, 0) is 14.6 Å². The number of sulfone groups is 1. The Labute approximate surface area is 160 Å². The lowest BCUT2D eigenvalue weighted by Gasteiger charge is -2.09. The molecule has 0 aliphatic carbocycles. The summed E-state index contributed by atoms with van der Waals surface area (Å²) in [4.78, 5) is 26.3. The molecule has 1 atom stereocenters. The number of hydrogen-bond acceptors (Lipinski definition) is 5. The van der Waals surface area contributed by atoms with Crippen LogP contribution in [0.4, 0.5) is 0 Å². The van der Waals surface area contributed by atoms with E-state index in [1.807, 2.05) is 0 Å². The summed E-state index contributed by atoms with van der Waals surface area (Å²) in [5.74, 6) is -0.920. The van der Waals surface area contributed by atoms with Crippen LogP contribution in [0.2, 0.25) is 5.15 Å². The van der Waals surface area contributed by atoms with E-state index in [9.17, 15) is 18.0 Å². The van der Waals surface area contributed by atoms with Crippen molar-refractivity contribution in [1.29, 1.82) is 0 Å². The van der Waals surface area contributed by atoms with E-state index in [-0.39, 0.29) is 22.7 Å². The van der Waals surface area contributed by atoms with Gasteiger partial charge in [-0.3, -0.25) is 20.4 Å². The van der Waals surface area contributed by atoms with Crippen molar-refractivity contribution in [2.45, 2.75) is 19.4 Å². The number of aromatic amines is 1. The van der Waals surface area contributed by atoms with Crippen LogP contribution in [0.5, 0.6) is 0 Å². The van der Waals surface area contributed by atoms with Crippen LogP contribution in [-0.4, -0.2) is 46.5 Å². The van der Waals surface area contributed by atoms with Crippen LogP contribution < -0.4 is 10.9 Å². The first-order chi connectivity index (χ1) is 12.8. The predicted molar refractivity (Wildman–Crippen MR) is 99.7 cm³/mol. The van der Waals surface area contributed by atoms with Gasteiger partial charge in [-0.1, -0.05) is 11.6 Å². The van der Waals surface area contributed by atoms with Crippen molar-refractivity contribution in [3.63, 3.8) is 0 Å². The van der Waals surface area contributed by atoms with Gasteiger partial charge in [-0.2, -0.15) is 5.10 Å². The SMILES string of the molecule is Cc1nn([C@H]2CCS(=O)(=O)C2)c(Cl)c1/C=C/C(=O)NNC(=O)c1ccc[nH]1. The lowest BCUT2D eigenvalue weighted by atomic mass is 10.2. The Hall–Kier alpha value is -2.59. The minimum Gasteiger partial charge on any atom is -0.357 e. The number of nitrogens with one attached hydrogen (secondary N) is 3. The van der Waals surface area contributed by atoms with Crippen molar-refractivity contribution < 1.29 is 18.0 Å². The molecule has 1 aliphatic rings. The van der Waals surface area contributed by atoms with E-state index in [0.29, 0.717) is 23.4 Å². The standard InChI is InChI=1S/C16H18ClN5O4S/c1-10-12(15(17)22(21-10)11-6-8-27(25,26)9-11)4-5-14(23)19-20-16(24)13-3-2-7-18-13/h2-5,7,11,18H,6,8-9H2,1H3,(H,19,23)(H,20,24)/b5-4+/t11-/m0/s1. The van der Waals surface area contributed by atoms with Crippen molar-refractivity contribution >= 4 is 39.3 Å². The lowest BCUT2D eigenvalue weighted by Crippen LogP contribution is -2.40. The van der Waals surface area contributed by atoms with E-state index in [2.05, 4.69) is 20.9 Å². The molecular weight excluding hydrogens is 394 g/mol. The largest absolute Gasteiger partial charge is 0.357 e. The topological polar surface area (TPSA) is 126 Å². The van der Waals surface area contributed by atoms with Gasteiger partial charge in [0.05, 0.1) is 23.2 Å². The smallest absolute Gasteiger partial charge is 0.286 e. The van der Waals surface area contributed by atoms with Crippen molar-refractivity contribution in [2.75, 3.05) is 11.5 Å². The molecule has 1 saturated heterocycles. The number of amides is 2. The Morgan fingerprint density at radius 2 is 2.19 bits per heavy atom. The zero-order valence-corrected chi connectivity index (χ0v) is 16.0. The van der Waals surface area contributed by atoms with Crippen LogP contribution in [0.15, 0.2) is 24.4 Å². The van der Waals surface area contributed by atoms with Crippen molar-refractivity contribution in [2.24, 2.45) is 0 Å². The summed E-state index contributed by atoms with van der Waals surface area (Å²) < 4.78 is 24.8. The molecule has 1 fully saturated rings. The summed E-state index contributed by atoms with van der Waals surface area (Å²) in [7, 11) is -3.07. The maximum Gasteiger partial charge on any atom is 0.286 e. The van der Waals surface area contributed by atoms with E-state index >= 15 is 0 Å². The number of aryl methyl sites for hydroxylation is 1. The minimum absolute atomic E-state index is 0.00224. The number of aromatic nitrogens is 3. The quantitative estimate of drug-likeness (QED) is 0.511. The maximum absolute atomic E-state index is 11.9. The van der Waals surface area contributed by atoms with Crippen LogP contribution in [0.25, 0.3) is 6.08 Å². The van der Waals surface area contributed by atoms with Gasteiger partial charge in [0.15, 0.2) is 9.84 Å². The molecule has 27 heavy (non-hydrogen) atoms. The molecule has 0 unspecified atom stereocenters. The summed E-state index contributed by atoms with van der Waals surface area (Å²) in [6, 6.07) is 2.92. The number of carbonyl (C=O) groups is 2. The molecular formula is C16H18ClN5O4S. The van der Waals surface area contributed by atoms with Crippen LogP contribution in [0, 0.1) is 6.92 Å². The van der Waals surface area contributed by atoms with E-state index in [1.54, 1.807) is 25.3 Å². The van der Waals surface area contributed by atoms with E-state index in [4.69, 9.17) is 11.6 Å². The second kappa shape index (κ2) is 7.57. The van der Waals surface area contributed by atoms with Crippen molar-refractivity contribution in [3.05, 3.63) is 46.5 Å². The van der Waals surface area contributed by atoms with E-state index in [0.717, 1.165) is 0 Å². The van der Waals surface area contributed by atoms with Crippen molar-refractivity contribution in [3.8, 4) is 0 Å². The molecule has 1 aliphatic heterocycles. The summed E-state index contributed by atoms with van der Waals surface area (Å²) in [6.45, 7) is 1.72. The van der Waals surface area contributed by atoms with Gasteiger partial charge in [0.1, 0.15) is 10.8 Å². The van der Waals surface area contributed by atoms with Gasteiger partial charge in [-0.05, 0) is 31.6 Å². The highest BCUT2D eigenvalue weighted by atomic mass is 35.5. The zero-order valence-electron chi connectivity index (χ0n) is 14.4. The fraction of sp³-hybridized carbons (Fsp3) is 0.312. The number of hydrogen-bond donors (Lipinski definition) is 3. The van der Waals surface area contributed by atoms with E-state index < -0.39 is 21.7 Å². The lowest BCUT2D eigenvalue weighted by molar-refractivity contribution is -0.117. The van der Waals surface area contributed by atoms with Crippen molar-refractivity contribution in [1.82, 2.24) is 25.6 Å². The molecule has 0 saturated carbocycles. The molecule has 2 aromatic heterocycles. The summed E-state index contributed by atoms with van der Waals surface area (Å²) in [6.07, 6.45) is 4.73. The predicted octanol–water partition coefficient (Wildman–Crippen LogP) is 1.01. The Balaban J connectivity index is 1.65. The molecule has 2 amide bonds. The molecule has 0 aromatic carbocycles. The highest BCUT2D eigenvalue weighted by Gasteiger charge is 2.31. The molecule has 0 spiro atoms. The molecule has 11 heteroatoms. The van der Waals surface area contributed by atoms with Crippen LogP contribution in [0.3, 0.4) is 0 Å².